The molecule has 2 aromatic heterocycles. The van der Waals surface area contributed by atoms with Gasteiger partial charge in [-0.25, -0.2) is 9.97 Å². The van der Waals surface area contributed by atoms with Crippen molar-refractivity contribution in [2.75, 3.05) is 0 Å². The van der Waals surface area contributed by atoms with Crippen LogP contribution in [0.4, 0.5) is 0 Å². The molecule has 0 amide bonds. The summed E-state index contributed by atoms with van der Waals surface area (Å²) in [7, 11) is 0. The number of rotatable bonds is 1. The lowest BCUT2D eigenvalue weighted by Gasteiger charge is -2.21. The third-order valence-corrected chi connectivity index (χ3v) is 2.39. The molecule has 0 saturated carbocycles. The molecule has 0 unspecified atom stereocenters. The molecule has 3 nitrogen and oxygen atoms in total. The molecule has 16 heavy (non-hydrogen) atoms. The van der Waals surface area contributed by atoms with Crippen molar-refractivity contribution in [3.05, 3.63) is 42.4 Å². The summed E-state index contributed by atoms with van der Waals surface area (Å²) in [6.45, 7) is 6.49. The quantitative estimate of drug-likeness (QED) is 0.731. The van der Waals surface area contributed by atoms with Gasteiger partial charge in [-0.3, -0.25) is 4.98 Å². The molecule has 0 fully saturated rings. The van der Waals surface area contributed by atoms with Crippen molar-refractivity contribution in [3.63, 3.8) is 0 Å². The van der Waals surface area contributed by atoms with Crippen LogP contribution in [0, 0.1) is 0 Å². The minimum absolute atomic E-state index is 0.0444. The molecule has 0 aliphatic carbocycles. The summed E-state index contributed by atoms with van der Waals surface area (Å²) in [6, 6.07) is 5.84. The average molecular weight is 213 g/mol. The zero-order valence-corrected chi connectivity index (χ0v) is 9.81. The smallest absolute Gasteiger partial charge is 0.178 e. The van der Waals surface area contributed by atoms with Crippen LogP contribution in [0.2, 0.25) is 0 Å². The molecule has 0 aromatic carbocycles. The van der Waals surface area contributed by atoms with Crippen LogP contribution in [0.15, 0.2) is 36.8 Å². The van der Waals surface area contributed by atoms with Crippen LogP contribution in [-0.4, -0.2) is 15.0 Å². The van der Waals surface area contributed by atoms with Crippen LogP contribution in [0.1, 0.15) is 26.3 Å². The molecule has 0 aliphatic heterocycles. The van der Waals surface area contributed by atoms with E-state index in [1.54, 1.807) is 18.6 Å². The standard InChI is InChI=1S/C13H15N3/c1-13(2,3)10-6-4-7-14-11(10)12-15-8-5-9-16-12/h4-9H,1-3H3. The Morgan fingerprint density at radius 3 is 2.12 bits per heavy atom. The number of hydrogen-bond donors (Lipinski definition) is 0. The van der Waals surface area contributed by atoms with Gasteiger partial charge in [-0.1, -0.05) is 26.8 Å². The van der Waals surface area contributed by atoms with Gasteiger partial charge in [0.05, 0.1) is 0 Å². The summed E-state index contributed by atoms with van der Waals surface area (Å²) in [5, 5.41) is 0. The summed E-state index contributed by atoms with van der Waals surface area (Å²) in [4.78, 5) is 12.9. The maximum atomic E-state index is 4.39. The summed E-state index contributed by atoms with van der Waals surface area (Å²) in [5.41, 5.74) is 2.08. The summed E-state index contributed by atoms with van der Waals surface area (Å²) in [6.07, 6.45) is 5.26. The van der Waals surface area contributed by atoms with E-state index >= 15 is 0 Å². The molecule has 0 radical (unpaired) electrons. The molecule has 3 heteroatoms. The van der Waals surface area contributed by atoms with Crippen molar-refractivity contribution < 1.29 is 0 Å². The van der Waals surface area contributed by atoms with Gasteiger partial charge in [-0.15, -0.1) is 0 Å². The van der Waals surface area contributed by atoms with Crippen molar-refractivity contribution in [3.8, 4) is 11.5 Å². The minimum Gasteiger partial charge on any atom is -0.253 e. The molecule has 0 N–H and O–H groups in total. The highest BCUT2D eigenvalue weighted by Gasteiger charge is 2.20. The first-order valence-electron chi connectivity index (χ1n) is 5.32. The van der Waals surface area contributed by atoms with Gasteiger partial charge < -0.3 is 0 Å². The van der Waals surface area contributed by atoms with Gasteiger partial charge in [-0.05, 0) is 23.1 Å². The lowest BCUT2D eigenvalue weighted by Crippen LogP contribution is -2.14. The molecule has 82 valence electrons. The van der Waals surface area contributed by atoms with Crippen LogP contribution >= 0.6 is 0 Å². The van der Waals surface area contributed by atoms with Crippen molar-refractivity contribution in [2.24, 2.45) is 0 Å². The molecule has 0 atom stereocenters. The van der Waals surface area contributed by atoms with Gasteiger partial charge >= 0.3 is 0 Å². The fourth-order valence-electron chi connectivity index (χ4n) is 1.61. The van der Waals surface area contributed by atoms with Crippen LogP contribution in [0.3, 0.4) is 0 Å². The zero-order valence-electron chi connectivity index (χ0n) is 9.81. The highest BCUT2D eigenvalue weighted by Crippen LogP contribution is 2.28. The zero-order chi connectivity index (χ0) is 11.6. The third-order valence-electron chi connectivity index (χ3n) is 2.39. The molecule has 0 saturated heterocycles. The van der Waals surface area contributed by atoms with Gasteiger partial charge in [0.2, 0.25) is 0 Å². The van der Waals surface area contributed by atoms with Crippen LogP contribution in [0.5, 0.6) is 0 Å². The highest BCUT2D eigenvalue weighted by molar-refractivity contribution is 5.56. The Labute approximate surface area is 95.6 Å². The second kappa shape index (κ2) is 4.00. The fourth-order valence-corrected chi connectivity index (χ4v) is 1.61. The average Bonchev–Trinajstić information content (AvgIpc) is 2.29. The van der Waals surface area contributed by atoms with Gasteiger partial charge in [0.1, 0.15) is 5.69 Å². The van der Waals surface area contributed by atoms with E-state index in [-0.39, 0.29) is 5.41 Å². The van der Waals surface area contributed by atoms with Crippen LogP contribution < -0.4 is 0 Å². The van der Waals surface area contributed by atoms with Crippen molar-refractivity contribution in [2.45, 2.75) is 26.2 Å². The lowest BCUT2D eigenvalue weighted by atomic mass is 9.85. The number of aromatic nitrogens is 3. The minimum atomic E-state index is 0.0444. The predicted octanol–water partition coefficient (Wildman–Crippen LogP) is 2.84. The fraction of sp³-hybridized carbons (Fsp3) is 0.308. The number of pyridine rings is 1. The number of hydrogen-bond acceptors (Lipinski definition) is 3. The summed E-state index contributed by atoms with van der Waals surface area (Å²) >= 11 is 0. The third kappa shape index (κ3) is 2.08. The van der Waals surface area contributed by atoms with E-state index in [9.17, 15) is 0 Å². The van der Waals surface area contributed by atoms with E-state index in [1.807, 2.05) is 12.1 Å². The second-order valence-electron chi connectivity index (χ2n) is 4.72. The molecule has 0 bridgehead atoms. The molecule has 2 rings (SSSR count). The molecule has 0 aliphatic rings. The normalized spacial score (nSPS) is 11.4. The molecular formula is C13H15N3. The van der Waals surface area contributed by atoms with E-state index in [1.165, 1.54) is 5.56 Å². The molecule has 2 heterocycles. The Kier molecular flexibility index (Phi) is 2.69. The monoisotopic (exact) mass is 213 g/mol. The van der Waals surface area contributed by atoms with E-state index in [0.29, 0.717) is 5.82 Å². The lowest BCUT2D eigenvalue weighted by molar-refractivity contribution is 0.589. The first kappa shape index (κ1) is 10.7. The first-order valence-corrected chi connectivity index (χ1v) is 5.32. The Bertz CT molecular complexity index is 472. The summed E-state index contributed by atoms with van der Waals surface area (Å²) in [5.74, 6) is 0.688. The predicted molar refractivity (Wildman–Crippen MR) is 64.0 cm³/mol. The molecular weight excluding hydrogens is 198 g/mol. The van der Waals surface area contributed by atoms with E-state index in [4.69, 9.17) is 0 Å². The van der Waals surface area contributed by atoms with E-state index in [2.05, 4.69) is 41.8 Å². The number of nitrogens with zero attached hydrogens (tertiary/aromatic N) is 3. The van der Waals surface area contributed by atoms with Gasteiger partial charge in [0.25, 0.3) is 0 Å². The highest BCUT2D eigenvalue weighted by atomic mass is 14.9. The maximum Gasteiger partial charge on any atom is 0.178 e. The molecule has 2 aromatic rings. The van der Waals surface area contributed by atoms with Crippen molar-refractivity contribution >= 4 is 0 Å². The Morgan fingerprint density at radius 1 is 0.875 bits per heavy atom. The maximum absolute atomic E-state index is 4.39. The van der Waals surface area contributed by atoms with E-state index in [0.717, 1.165) is 5.69 Å². The van der Waals surface area contributed by atoms with Gasteiger partial charge in [-0.2, -0.15) is 0 Å². The summed E-state index contributed by atoms with van der Waals surface area (Å²) < 4.78 is 0. The first-order chi connectivity index (χ1) is 7.59. The van der Waals surface area contributed by atoms with Crippen LogP contribution in [-0.2, 0) is 5.41 Å². The van der Waals surface area contributed by atoms with Gasteiger partial charge in [0.15, 0.2) is 5.82 Å². The molecule has 0 spiro atoms. The van der Waals surface area contributed by atoms with Crippen molar-refractivity contribution in [1.82, 2.24) is 15.0 Å². The second-order valence-corrected chi connectivity index (χ2v) is 4.72. The Hall–Kier alpha value is -1.77. The Balaban J connectivity index is 2.58. The SMILES string of the molecule is CC(C)(C)c1cccnc1-c1ncccn1. The van der Waals surface area contributed by atoms with Crippen molar-refractivity contribution in [1.29, 1.82) is 0 Å². The topological polar surface area (TPSA) is 38.7 Å². The van der Waals surface area contributed by atoms with E-state index < -0.39 is 0 Å². The Morgan fingerprint density at radius 2 is 1.50 bits per heavy atom. The van der Waals surface area contributed by atoms with Gasteiger partial charge in [0, 0.05) is 18.6 Å². The largest absolute Gasteiger partial charge is 0.253 e. The van der Waals surface area contributed by atoms with Crippen LogP contribution in [0.25, 0.3) is 11.5 Å².